The van der Waals surface area contributed by atoms with E-state index in [9.17, 15) is 9.59 Å². The molecule has 0 aromatic heterocycles. The fourth-order valence-electron chi connectivity index (χ4n) is 7.60. The molecule has 4 aromatic carbocycles. The van der Waals surface area contributed by atoms with Crippen molar-refractivity contribution in [3.63, 3.8) is 0 Å². The Bertz CT molecular complexity index is 1430. The van der Waals surface area contributed by atoms with Crippen molar-refractivity contribution in [2.45, 2.75) is 10.8 Å². The fourth-order valence-corrected chi connectivity index (χ4v) is 7.60. The lowest BCUT2D eigenvalue weighted by molar-refractivity contribution is 0.00355. The van der Waals surface area contributed by atoms with Gasteiger partial charge in [0, 0.05) is 33.8 Å². The lowest BCUT2D eigenvalue weighted by Crippen LogP contribution is -2.70. The molecule has 0 amide bonds. The summed E-state index contributed by atoms with van der Waals surface area (Å²) in [5, 5.41) is 0. The van der Waals surface area contributed by atoms with Gasteiger partial charge < -0.3 is 9.47 Å². The molecular formula is C32H24O4. The van der Waals surface area contributed by atoms with Crippen molar-refractivity contribution in [1.82, 2.24) is 0 Å². The molecule has 0 bridgehead atoms. The molecule has 4 nitrogen and oxygen atoms in total. The maximum absolute atomic E-state index is 14.1. The Kier molecular flexibility index (Phi) is 4.21. The minimum absolute atomic E-state index is 0.0525. The number of carbonyl (C=O) groups is 2. The van der Waals surface area contributed by atoms with Gasteiger partial charge in [-0.3, -0.25) is 9.59 Å². The normalized spacial score (nSPS) is 26.9. The van der Waals surface area contributed by atoms with Crippen LogP contribution in [0.15, 0.2) is 97.1 Å². The molecule has 0 saturated heterocycles. The van der Waals surface area contributed by atoms with E-state index in [1.54, 1.807) is 14.2 Å². The maximum atomic E-state index is 14.1. The molecule has 0 radical (unpaired) electrons. The number of Topliss-reactive ketones (excluding diaryl/α,β-unsaturated/α-hetero) is 2. The van der Waals surface area contributed by atoms with Crippen LogP contribution in [0, 0.1) is 11.8 Å². The highest BCUT2D eigenvalue weighted by Gasteiger charge is 2.82. The fraction of sp³-hybridized carbons (Fsp3) is 0.188. The maximum Gasteiger partial charge on any atom is 0.168 e. The van der Waals surface area contributed by atoms with Gasteiger partial charge in [-0.05, 0) is 46.5 Å². The lowest BCUT2D eigenvalue weighted by Gasteiger charge is -2.64. The first-order valence-electron chi connectivity index (χ1n) is 12.2. The summed E-state index contributed by atoms with van der Waals surface area (Å²) in [7, 11) is 3.29. The van der Waals surface area contributed by atoms with Gasteiger partial charge in [-0.25, -0.2) is 0 Å². The van der Waals surface area contributed by atoms with E-state index >= 15 is 0 Å². The molecule has 176 valence electrons. The molecular weight excluding hydrogens is 448 g/mol. The smallest absolute Gasteiger partial charge is 0.168 e. The minimum atomic E-state index is -0.728. The molecule has 4 aromatic rings. The summed E-state index contributed by atoms with van der Waals surface area (Å²) >= 11 is 0. The summed E-state index contributed by atoms with van der Waals surface area (Å²) in [6.07, 6.45) is 0. The molecule has 1 fully saturated rings. The van der Waals surface area contributed by atoms with E-state index in [-0.39, 0.29) is 11.6 Å². The Morgan fingerprint density at radius 3 is 1.25 bits per heavy atom. The van der Waals surface area contributed by atoms with Gasteiger partial charge in [-0.1, -0.05) is 72.8 Å². The van der Waals surface area contributed by atoms with Crippen molar-refractivity contribution in [1.29, 1.82) is 0 Å². The predicted molar refractivity (Wildman–Crippen MR) is 136 cm³/mol. The zero-order chi connectivity index (χ0) is 24.7. The molecule has 4 atom stereocenters. The van der Waals surface area contributed by atoms with Gasteiger partial charge >= 0.3 is 0 Å². The standard InChI is InChI=1S/C32H24O4/c1-35-21-15-11-19(12-16-21)31-25-9-5-3-7-23(25)29(33)27(31)28-30(34)24-8-4-6-10-26(24)32(28,31)20-13-17-22(36-2)18-14-20/h3-18,27-28H,1-2H3/t27-,28-,31+,32+/m0/s1. The summed E-state index contributed by atoms with van der Waals surface area (Å²) in [6.45, 7) is 0. The molecule has 1 saturated carbocycles. The Hall–Kier alpha value is -4.18. The van der Waals surface area contributed by atoms with Gasteiger partial charge in [-0.15, -0.1) is 0 Å². The molecule has 3 aliphatic rings. The van der Waals surface area contributed by atoms with Crippen LogP contribution in [0.1, 0.15) is 43.0 Å². The van der Waals surface area contributed by atoms with Crippen LogP contribution in [0.4, 0.5) is 0 Å². The second-order valence-electron chi connectivity index (χ2n) is 9.85. The number of hydrogen-bond donors (Lipinski definition) is 0. The molecule has 0 unspecified atom stereocenters. The van der Waals surface area contributed by atoms with Crippen molar-refractivity contribution < 1.29 is 19.1 Å². The number of ketones is 2. The van der Waals surface area contributed by atoms with Crippen LogP contribution in [0.3, 0.4) is 0 Å². The molecule has 36 heavy (non-hydrogen) atoms. The number of methoxy groups -OCH3 is 2. The summed E-state index contributed by atoms with van der Waals surface area (Å²) in [5.74, 6) is 0.646. The largest absolute Gasteiger partial charge is 0.497 e. The Balaban J connectivity index is 1.64. The van der Waals surface area contributed by atoms with E-state index in [0.717, 1.165) is 33.8 Å². The van der Waals surface area contributed by atoms with Gasteiger partial charge in [0.2, 0.25) is 0 Å². The van der Waals surface area contributed by atoms with E-state index < -0.39 is 22.7 Å². The van der Waals surface area contributed by atoms with E-state index in [4.69, 9.17) is 9.47 Å². The molecule has 4 heteroatoms. The lowest BCUT2D eigenvalue weighted by atomic mass is 9.34. The van der Waals surface area contributed by atoms with Gasteiger partial charge in [0.1, 0.15) is 11.5 Å². The van der Waals surface area contributed by atoms with E-state index in [0.29, 0.717) is 11.1 Å². The highest BCUT2D eigenvalue weighted by atomic mass is 16.5. The van der Waals surface area contributed by atoms with Crippen molar-refractivity contribution in [2.24, 2.45) is 11.8 Å². The number of rotatable bonds is 4. The Morgan fingerprint density at radius 1 is 0.528 bits per heavy atom. The van der Waals surface area contributed by atoms with Crippen LogP contribution in [0.2, 0.25) is 0 Å². The van der Waals surface area contributed by atoms with Crippen LogP contribution in [0.5, 0.6) is 11.5 Å². The first-order valence-corrected chi connectivity index (χ1v) is 12.2. The SMILES string of the molecule is COc1ccc([C@@]23c4ccccc4C(=O)[C@@H]2[C@H]2C(=O)c4ccccc4[C@]23c2ccc(OC)cc2)cc1. The van der Waals surface area contributed by atoms with E-state index in [1.165, 1.54) is 0 Å². The first kappa shape index (κ1) is 21.1. The second kappa shape index (κ2) is 7.17. The highest BCUT2D eigenvalue weighted by molar-refractivity contribution is 6.17. The van der Waals surface area contributed by atoms with Crippen LogP contribution in [-0.4, -0.2) is 25.8 Å². The first-order chi connectivity index (χ1) is 17.6. The topological polar surface area (TPSA) is 52.6 Å². The summed E-state index contributed by atoms with van der Waals surface area (Å²) in [4.78, 5) is 28.2. The van der Waals surface area contributed by atoms with Gasteiger partial charge in [0.25, 0.3) is 0 Å². The third-order valence-corrected chi connectivity index (χ3v) is 8.78. The molecule has 7 rings (SSSR count). The minimum Gasteiger partial charge on any atom is -0.497 e. The zero-order valence-electron chi connectivity index (χ0n) is 20.0. The molecule has 0 N–H and O–H groups in total. The van der Waals surface area contributed by atoms with E-state index in [2.05, 4.69) is 36.4 Å². The van der Waals surface area contributed by atoms with Crippen molar-refractivity contribution in [3.05, 3.63) is 130 Å². The van der Waals surface area contributed by atoms with Crippen LogP contribution in [-0.2, 0) is 10.8 Å². The van der Waals surface area contributed by atoms with Gasteiger partial charge in [-0.2, -0.15) is 0 Å². The summed E-state index contributed by atoms with van der Waals surface area (Å²) < 4.78 is 10.9. The molecule has 0 aliphatic heterocycles. The number of fused-ring (bicyclic) bond motifs is 8. The van der Waals surface area contributed by atoms with Crippen LogP contribution in [0.25, 0.3) is 0 Å². The number of ether oxygens (including phenoxy) is 2. The summed E-state index contributed by atoms with van der Waals surface area (Å²) in [5.41, 5.74) is 3.98. The number of hydrogen-bond acceptors (Lipinski definition) is 4. The monoisotopic (exact) mass is 472 g/mol. The van der Waals surface area contributed by atoms with Crippen LogP contribution >= 0.6 is 0 Å². The van der Waals surface area contributed by atoms with Gasteiger partial charge in [0.05, 0.1) is 14.2 Å². The average Bonchev–Trinajstić information content (AvgIpc) is 3.28. The predicted octanol–water partition coefficient (Wildman–Crippen LogP) is 5.61. The Morgan fingerprint density at radius 2 is 0.889 bits per heavy atom. The molecule has 0 heterocycles. The molecule has 0 spiro atoms. The number of benzene rings is 4. The summed E-state index contributed by atoms with van der Waals surface area (Å²) in [6, 6.07) is 31.8. The third-order valence-electron chi connectivity index (χ3n) is 8.78. The Labute approximate surface area is 209 Å². The average molecular weight is 473 g/mol. The quantitative estimate of drug-likeness (QED) is 0.387. The van der Waals surface area contributed by atoms with Crippen molar-refractivity contribution in [2.75, 3.05) is 14.2 Å². The molecule has 3 aliphatic carbocycles. The van der Waals surface area contributed by atoms with Crippen LogP contribution < -0.4 is 9.47 Å². The highest BCUT2D eigenvalue weighted by Crippen LogP contribution is 2.77. The van der Waals surface area contributed by atoms with Gasteiger partial charge in [0.15, 0.2) is 11.6 Å². The van der Waals surface area contributed by atoms with Crippen molar-refractivity contribution in [3.8, 4) is 11.5 Å². The zero-order valence-corrected chi connectivity index (χ0v) is 20.0. The number of carbonyl (C=O) groups excluding carboxylic acids is 2. The second-order valence-corrected chi connectivity index (χ2v) is 9.85. The van der Waals surface area contributed by atoms with Crippen molar-refractivity contribution >= 4 is 11.6 Å². The van der Waals surface area contributed by atoms with E-state index in [1.807, 2.05) is 60.7 Å². The third kappa shape index (κ3) is 2.17.